The summed E-state index contributed by atoms with van der Waals surface area (Å²) in [5, 5.41) is 5.23. The first-order valence-electron chi connectivity index (χ1n) is 42.4. The van der Waals surface area contributed by atoms with E-state index in [1.165, 1.54) is 205 Å². The monoisotopic (exact) mass is 1510 g/mol. The fraction of sp³-hybridized carbons (Fsp3) is 0.189. The summed E-state index contributed by atoms with van der Waals surface area (Å²) < 4.78 is 5.25. The first kappa shape index (κ1) is 67.8. The van der Waals surface area contributed by atoms with E-state index >= 15 is 0 Å². The Balaban J connectivity index is 0.000000133. The van der Waals surface area contributed by atoms with Gasteiger partial charge in [0.1, 0.15) is 0 Å². The molecule has 2 aromatic heterocycles. The van der Waals surface area contributed by atoms with Crippen LogP contribution in [0.15, 0.2) is 346 Å². The maximum absolute atomic E-state index is 2.57. The van der Waals surface area contributed by atoms with Gasteiger partial charge in [-0.25, -0.2) is 0 Å². The van der Waals surface area contributed by atoms with E-state index in [1.54, 1.807) is 22.3 Å². The predicted octanol–water partition coefficient (Wildman–Crippen LogP) is 31.1. The molecule has 10 aliphatic rings. The summed E-state index contributed by atoms with van der Waals surface area (Å²) in [5.74, 6) is 6.89. The average Bonchev–Trinajstić information content (AvgIpc) is 1.53. The molecule has 2 heterocycles. The molecule has 115 heavy (non-hydrogen) atoms. The molecule has 27 rings (SSSR count). The van der Waals surface area contributed by atoms with Crippen LogP contribution in [0.1, 0.15) is 92.0 Å². The van der Waals surface area contributed by atoms with Gasteiger partial charge in [-0.15, -0.1) is 22.7 Å². The van der Waals surface area contributed by atoms with Crippen molar-refractivity contribution in [3.63, 3.8) is 0 Å². The lowest BCUT2D eigenvalue weighted by atomic mass is 9.43. The third-order valence-corrected chi connectivity index (χ3v) is 31.6. The summed E-state index contributed by atoms with van der Waals surface area (Å²) >= 11 is 3.77. The molecule has 0 N–H and O–H groups in total. The predicted molar refractivity (Wildman–Crippen MR) is 486 cm³/mol. The molecule has 4 heteroatoms. The molecule has 2 spiro atoms. The van der Waals surface area contributed by atoms with E-state index < -0.39 is 0 Å². The molecule has 0 saturated heterocycles. The topological polar surface area (TPSA) is 6.48 Å². The van der Waals surface area contributed by atoms with Crippen LogP contribution >= 0.6 is 22.7 Å². The van der Waals surface area contributed by atoms with Crippen molar-refractivity contribution in [3.8, 4) is 77.9 Å². The number of hydrogen-bond donors (Lipinski definition) is 0. The molecule has 8 bridgehead atoms. The van der Waals surface area contributed by atoms with Gasteiger partial charge in [0, 0.05) is 69.2 Å². The van der Waals surface area contributed by atoms with E-state index in [0.717, 1.165) is 64.4 Å². The van der Waals surface area contributed by atoms with Gasteiger partial charge < -0.3 is 9.80 Å². The fourth-order valence-corrected chi connectivity index (χ4v) is 27.4. The molecule has 15 aromatic carbocycles. The number of anilines is 6. The van der Waals surface area contributed by atoms with Gasteiger partial charge in [0.05, 0.1) is 16.1 Å². The second-order valence-electron chi connectivity index (χ2n) is 35.1. The zero-order valence-corrected chi connectivity index (χ0v) is 66.4. The standard InChI is InChI=1S/C58H45NS.C53H43NS/c1-3-12-39(13-4-1)40-22-25-45(26-23-40)59(54-19-11-21-56-57(54)49-17-8-10-20-55(49)60-56)46-27-28-47(50(36-46)41-14-5-2-6-15-41)42-24-29-53-51(35-42)48-16-7-9-18-52(48)58(53)43-31-37-30-38(33-43)34-44(58)32-37;1-33-26-42(54(41-21-18-37(19-22-41)36-10-3-2-4-11-36)50-16-9-14-46-45-13-6-8-17-51(45)55-52(46)50)23-24-43(33)38-20-25-49-47(32-38)44-12-5-7-15-48(44)53(49)39-28-34-27-35(30-39)31-40(53)29-34/h1-29,35-38,43-44H,30-34H2;2-26,32,34-35,39-40H,27-31H2,1H3. The van der Waals surface area contributed by atoms with Crippen molar-refractivity contribution >= 4 is 97.1 Å². The van der Waals surface area contributed by atoms with Crippen LogP contribution in [0.3, 0.4) is 0 Å². The van der Waals surface area contributed by atoms with Crippen LogP contribution < -0.4 is 9.80 Å². The highest BCUT2D eigenvalue weighted by Gasteiger charge is 2.63. The number of thiophene rings is 2. The first-order valence-corrected chi connectivity index (χ1v) is 44.0. The molecule has 8 fully saturated rings. The lowest BCUT2D eigenvalue weighted by molar-refractivity contribution is -0.0399. The smallest absolute Gasteiger partial charge is 0.0640 e. The Hall–Kier alpha value is -11.7. The van der Waals surface area contributed by atoms with E-state index in [0.29, 0.717) is 0 Å². The lowest BCUT2D eigenvalue weighted by Crippen LogP contribution is -2.55. The molecule has 554 valence electrons. The van der Waals surface area contributed by atoms with Gasteiger partial charge in [0.2, 0.25) is 0 Å². The van der Waals surface area contributed by atoms with E-state index in [2.05, 4.69) is 363 Å². The Bertz CT molecular complexity index is 6650. The highest BCUT2D eigenvalue weighted by atomic mass is 32.1. The number of rotatable bonds is 11. The van der Waals surface area contributed by atoms with Crippen molar-refractivity contribution in [2.75, 3.05) is 9.80 Å². The van der Waals surface area contributed by atoms with Gasteiger partial charge in [-0.2, -0.15) is 0 Å². The fourth-order valence-electron chi connectivity index (χ4n) is 25.1. The molecule has 8 saturated carbocycles. The van der Waals surface area contributed by atoms with Gasteiger partial charge in [-0.3, -0.25) is 0 Å². The minimum atomic E-state index is 0.174. The van der Waals surface area contributed by atoms with Crippen molar-refractivity contribution in [1.82, 2.24) is 0 Å². The minimum Gasteiger partial charge on any atom is -0.310 e. The van der Waals surface area contributed by atoms with Gasteiger partial charge in [0.25, 0.3) is 0 Å². The van der Waals surface area contributed by atoms with Crippen LogP contribution in [0.5, 0.6) is 0 Å². The normalized spacial score (nSPS) is 22.5. The summed E-state index contributed by atoms with van der Waals surface area (Å²) in [4.78, 5) is 4.96. The summed E-state index contributed by atoms with van der Waals surface area (Å²) in [5.41, 5.74) is 33.7. The molecule has 2 nitrogen and oxygen atoms in total. The van der Waals surface area contributed by atoms with Crippen LogP contribution in [0.2, 0.25) is 0 Å². The first-order chi connectivity index (χ1) is 56.8. The third-order valence-electron chi connectivity index (χ3n) is 29.3. The summed E-state index contributed by atoms with van der Waals surface area (Å²) in [6, 6.07) is 130. The summed E-state index contributed by atoms with van der Waals surface area (Å²) in [7, 11) is 0. The zero-order chi connectivity index (χ0) is 75.6. The molecule has 0 unspecified atom stereocenters. The van der Waals surface area contributed by atoms with Gasteiger partial charge in [-0.05, 0) is 315 Å². The van der Waals surface area contributed by atoms with Gasteiger partial charge in [0.15, 0.2) is 0 Å². The number of hydrogen-bond acceptors (Lipinski definition) is 4. The van der Waals surface area contributed by atoms with Crippen molar-refractivity contribution in [3.05, 3.63) is 374 Å². The van der Waals surface area contributed by atoms with Crippen molar-refractivity contribution in [1.29, 1.82) is 0 Å². The van der Waals surface area contributed by atoms with E-state index in [9.17, 15) is 0 Å². The number of fused-ring (bicyclic) bond motifs is 12. The van der Waals surface area contributed by atoms with Gasteiger partial charge >= 0.3 is 0 Å². The molecule has 0 amide bonds. The molecule has 0 aliphatic heterocycles. The van der Waals surface area contributed by atoms with Crippen LogP contribution in [0.25, 0.3) is 118 Å². The maximum Gasteiger partial charge on any atom is 0.0640 e. The number of benzene rings is 15. The zero-order valence-electron chi connectivity index (χ0n) is 64.8. The maximum atomic E-state index is 2.57. The second-order valence-corrected chi connectivity index (χ2v) is 37.2. The van der Waals surface area contributed by atoms with E-state index in [4.69, 9.17) is 0 Å². The highest BCUT2D eigenvalue weighted by Crippen LogP contribution is 2.72. The van der Waals surface area contributed by atoms with E-state index in [1.807, 2.05) is 22.7 Å². The molecule has 0 radical (unpaired) electrons. The lowest BCUT2D eigenvalue weighted by Gasteiger charge is -2.61. The largest absolute Gasteiger partial charge is 0.310 e. The van der Waals surface area contributed by atoms with Gasteiger partial charge in [-0.1, -0.05) is 255 Å². The molecule has 0 atom stereocenters. The Morgan fingerprint density at radius 2 is 0.635 bits per heavy atom. The van der Waals surface area contributed by atoms with Crippen molar-refractivity contribution in [2.24, 2.45) is 47.3 Å². The number of nitrogens with zero attached hydrogens (tertiary/aromatic N) is 2. The SMILES string of the molecule is Cc1cc(N(c2ccc(-c3ccccc3)cc2)c2cccc3c2sc2ccccc23)ccc1-c1ccc2c(c1)-c1ccccc1C21C2CC3CC(C2)CC1C3.c1ccc(-c2ccc(N(c3ccc(-c4ccc5c(c4)-c4ccccc4C54C5CC6CC(C5)CC4C6)c(-c4ccccc4)c3)c3cccc4sc5ccccc5c34)cc2)cc1. The van der Waals surface area contributed by atoms with E-state index in [-0.39, 0.29) is 10.8 Å². The summed E-state index contributed by atoms with van der Waals surface area (Å²) in [6.07, 6.45) is 14.3. The summed E-state index contributed by atoms with van der Waals surface area (Å²) in [6.45, 7) is 2.30. The third kappa shape index (κ3) is 10.6. The van der Waals surface area contributed by atoms with Crippen LogP contribution in [-0.2, 0) is 10.8 Å². The second kappa shape index (κ2) is 26.7. The Labute approximate surface area is 682 Å². The van der Waals surface area contributed by atoms with Crippen molar-refractivity contribution < 1.29 is 0 Å². The Kier molecular flexibility index (Phi) is 15.8. The van der Waals surface area contributed by atoms with Crippen LogP contribution in [0.4, 0.5) is 34.1 Å². The Morgan fingerprint density at radius 3 is 1.18 bits per heavy atom. The molecule has 10 aliphatic carbocycles. The van der Waals surface area contributed by atoms with Crippen LogP contribution in [-0.4, -0.2) is 0 Å². The molecular formula is C111H88N2S2. The molecular weight excluding hydrogens is 1430 g/mol. The van der Waals surface area contributed by atoms with Crippen LogP contribution in [0, 0.1) is 54.3 Å². The molecule has 17 aromatic rings. The van der Waals surface area contributed by atoms with Crippen molar-refractivity contribution in [2.45, 2.75) is 82.0 Å². The average molecular weight is 1510 g/mol. The Morgan fingerprint density at radius 1 is 0.243 bits per heavy atom. The quantitative estimate of drug-likeness (QED) is 0.127. The minimum absolute atomic E-state index is 0.174. The number of aryl methyl sites for hydroxylation is 1. The highest BCUT2D eigenvalue weighted by molar-refractivity contribution is 7.26.